The van der Waals surface area contributed by atoms with Crippen LogP contribution in [0.1, 0.15) is 24.8 Å². The minimum Gasteiger partial charge on any atom is -0.394 e. The molecule has 1 aromatic carbocycles. The monoisotopic (exact) mass is 344 g/mol. The first-order chi connectivity index (χ1) is 12.3. The van der Waals surface area contributed by atoms with Crippen LogP contribution in [0.3, 0.4) is 0 Å². The Morgan fingerprint density at radius 1 is 1.24 bits per heavy atom. The zero-order valence-electron chi connectivity index (χ0n) is 14.8. The zero-order chi connectivity index (χ0) is 17.5. The van der Waals surface area contributed by atoms with Gasteiger partial charge >= 0.3 is 0 Å². The highest BCUT2D eigenvalue weighted by molar-refractivity contribution is 5.80. The van der Waals surface area contributed by atoms with Crippen LogP contribution in [0.2, 0.25) is 0 Å². The van der Waals surface area contributed by atoms with Gasteiger partial charge in [0.15, 0.2) is 0 Å². The Morgan fingerprint density at radius 2 is 2.08 bits per heavy atom. The summed E-state index contributed by atoms with van der Waals surface area (Å²) < 4.78 is 5.63. The molecule has 0 aromatic heterocycles. The molecular weight excluding hydrogens is 316 g/mol. The van der Waals surface area contributed by atoms with Gasteiger partial charge in [-0.3, -0.25) is 9.69 Å². The molecule has 1 saturated heterocycles. The summed E-state index contributed by atoms with van der Waals surface area (Å²) in [4.78, 5) is 16.7. The molecule has 0 saturated carbocycles. The van der Waals surface area contributed by atoms with Gasteiger partial charge in [-0.25, -0.2) is 0 Å². The van der Waals surface area contributed by atoms with E-state index >= 15 is 0 Å². The summed E-state index contributed by atoms with van der Waals surface area (Å²) in [5.74, 6) is 0.200. The SMILES string of the molecule is O=C(CN1CCCC(OCCO)C1)N1CC=C(c2ccccc2)CC1. The van der Waals surface area contributed by atoms with Crippen molar-refractivity contribution in [3.8, 4) is 0 Å². The first-order valence-corrected chi connectivity index (χ1v) is 9.23. The first kappa shape index (κ1) is 18.1. The maximum atomic E-state index is 12.6. The third-order valence-electron chi connectivity index (χ3n) is 4.97. The normalized spacial score (nSPS) is 21.9. The van der Waals surface area contributed by atoms with Crippen molar-refractivity contribution in [2.45, 2.75) is 25.4 Å². The maximum Gasteiger partial charge on any atom is 0.237 e. The van der Waals surface area contributed by atoms with Gasteiger partial charge in [0.25, 0.3) is 0 Å². The lowest BCUT2D eigenvalue weighted by Crippen LogP contribution is -2.47. The molecule has 1 N–H and O–H groups in total. The van der Waals surface area contributed by atoms with Gasteiger partial charge in [-0.15, -0.1) is 0 Å². The van der Waals surface area contributed by atoms with Gasteiger partial charge in [0, 0.05) is 19.6 Å². The molecule has 1 unspecified atom stereocenters. The van der Waals surface area contributed by atoms with E-state index in [1.165, 1.54) is 11.1 Å². The highest BCUT2D eigenvalue weighted by Crippen LogP contribution is 2.22. The van der Waals surface area contributed by atoms with Gasteiger partial charge in [-0.1, -0.05) is 36.4 Å². The summed E-state index contributed by atoms with van der Waals surface area (Å²) >= 11 is 0. The van der Waals surface area contributed by atoms with Gasteiger partial charge < -0.3 is 14.7 Å². The number of hydrogen-bond acceptors (Lipinski definition) is 4. The van der Waals surface area contributed by atoms with Gasteiger partial charge in [-0.05, 0) is 36.9 Å². The van der Waals surface area contributed by atoms with Crippen LogP contribution >= 0.6 is 0 Å². The van der Waals surface area contributed by atoms with Gasteiger partial charge in [0.05, 0.1) is 25.9 Å². The van der Waals surface area contributed by atoms with E-state index in [4.69, 9.17) is 9.84 Å². The molecule has 1 fully saturated rings. The second kappa shape index (κ2) is 9.13. The van der Waals surface area contributed by atoms with Crippen LogP contribution in [0, 0.1) is 0 Å². The quantitative estimate of drug-likeness (QED) is 0.855. The molecule has 2 aliphatic heterocycles. The van der Waals surface area contributed by atoms with Gasteiger partial charge in [0.2, 0.25) is 5.91 Å². The second-order valence-corrected chi connectivity index (χ2v) is 6.78. The average molecular weight is 344 g/mol. The zero-order valence-corrected chi connectivity index (χ0v) is 14.8. The minimum atomic E-state index is 0.0549. The Labute approximate surface area is 149 Å². The number of benzene rings is 1. The molecular formula is C20H28N2O3. The summed E-state index contributed by atoms with van der Waals surface area (Å²) in [6, 6.07) is 10.4. The Bertz CT molecular complexity index is 588. The van der Waals surface area contributed by atoms with E-state index in [1.807, 2.05) is 11.0 Å². The lowest BCUT2D eigenvalue weighted by Gasteiger charge is -2.34. The number of ether oxygens (including phenoxy) is 1. The molecule has 3 rings (SSSR count). The predicted octanol–water partition coefficient (Wildman–Crippen LogP) is 1.78. The summed E-state index contributed by atoms with van der Waals surface area (Å²) in [6.45, 7) is 4.12. The van der Waals surface area contributed by atoms with Gasteiger partial charge in [0.1, 0.15) is 0 Å². The molecule has 5 heteroatoms. The van der Waals surface area contributed by atoms with Crippen LogP contribution in [0.4, 0.5) is 0 Å². The van der Waals surface area contributed by atoms with Crippen LogP contribution in [0.25, 0.3) is 5.57 Å². The van der Waals surface area contributed by atoms with Crippen molar-refractivity contribution < 1.29 is 14.6 Å². The highest BCUT2D eigenvalue weighted by atomic mass is 16.5. The molecule has 0 bridgehead atoms. The lowest BCUT2D eigenvalue weighted by molar-refractivity contribution is -0.133. The van der Waals surface area contributed by atoms with Crippen LogP contribution < -0.4 is 0 Å². The highest BCUT2D eigenvalue weighted by Gasteiger charge is 2.25. The molecule has 2 heterocycles. The minimum absolute atomic E-state index is 0.0549. The number of likely N-dealkylation sites (tertiary alicyclic amines) is 1. The molecule has 136 valence electrons. The van der Waals surface area contributed by atoms with E-state index < -0.39 is 0 Å². The fourth-order valence-electron chi connectivity index (χ4n) is 3.61. The maximum absolute atomic E-state index is 12.6. The Balaban J connectivity index is 1.48. The smallest absolute Gasteiger partial charge is 0.237 e. The number of carbonyl (C=O) groups excluding carboxylic acids is 1. The van der Waals surface area contributed by atoms with Crippen molar-refractivity contribution >= 4 is 11.5 Å². The van der Waals surface area contributed by atoms with E-state index in [9.17, 15) is 4.79 Å². The summed E-state index contributed by atoms with van der Waals surface area (Å²) in [6.07, 6.45) is 5.29. The number of nitrogens with zero attached hydrogens (tertiary/aromatic N) is 2. The van der Waals surface area contributed by atoms with Crippen LogP contribution in [0.5, 0.6) is 0 Å². The molecule has 0 aliphatic carbocycles. The van der Waals surface area contributed by atoms with E-state index in [-0.39, 0.29) is 18.6 Å². The third kappa shape index (κ3) is 5.14. The summed E-state index contributed by atoms with van der Waals surface area (Å²) in [5, 5.41) is 8.88. The second-order valence-electron chi connectivity index (χ2n) is 6.78. The average Bonchev–Trinajstić information content (AvgIpc) is 2.67. The number of hydrogen-bond donors (Lipinski definition) is 1. The number of carbonyl (C=O) groups is 1. The van der Waals surface area contributed by atoms with E-state index in [2.05, 4.69) is 35.2 Å². The summed E-state index contributed by atoms with van der Waals surface area (Å²) in [5.41, 5.74) is 2.59. The molecule has 0 radical (unpaired) electrons. The number of piperidine rings is 1. The first-order valence-electron chi connectivity index (χ1n) is 9.23. The lowest BCUT2D eigenvalue weighted by atomic mass is 9.99. The largest absolute Gasteiger partial charge is 0.394 e. The number of rotatable bonds is 6. The summed E-state index contributed by atoms with van der Waals surface area (Å²) in [7, 11) is 0. The molecule has 1 atom stereocenters. The number of aliphatic hydroxyl groups excluding tert-OH is 1. The standard InChI is InChI=1S/C20H28N2O3/c23-13-14-25-19-7-4-10-21(15-19)16-20(24)22-11-8-18(9-12-22)17-5-2-1-3-6-17/h1-3,5-6,8,19,23H,4,7,9-16H2. The molecule has 5 nitrogen and oxygen atoms in total. The Kier molecular flexibility index (Phi) is 6.62. The Morgan fingerprint density at radius 3 is 2.80 bits per heavy atom. The fraction of sp³-hybridized carbons (Fsp3) is 0.550. The molecule has 2 aliphatic rings. The molecule has 1 amide bonds. The van der Waals surface area contributed by atoms with Crippen molar-refractivity contribution in [1.29, 1.82) is 0 Å². The third-order valence-corrected chi connectivity index (χ3v) is 4.97. The van der Waals surface area contributed by atoms with Crippen LogP contribution in [-0.4, -0.2) is 72.9 Å². The predicted molar refractivity (Wildman–Crippen MR) is 98.1 cm³/mol. The topological polar surface area (TPSA) is 53.0 Å². The van der Waals surface area contributed by atoms with Crippen molar-refractivity contribution in [3.05, 3.63) is 42.0 Å². The van der Waals surface area contributed by atoms with E-state index in [0.717, 1.165) is 38.9 Å². The Hall–Kier alpha value is -1.69. The molecule has 1 aromatic rings. The van der Waals surface area contributed by atoms with Gasteiger partial charge in [-0.2, -0.15) is 0 Å². The van der Waals surface area contributed by atoms with E-state index in [1.54, 1.807) is 0 Å². The number of aliphatic hydroxyl groups is 1. The van der Waals surface area contributed by atoms with Crippen molar-refractivity contribution in [3.63, 3.8) is 0 Å². The van der Waals surface area contributed by atoms with Crippen molar-refractivity contribution in [2.75, 3.05) is 45.9 Å². The van der Waals surface area contributed by atoms with Crippen molar-refractivity contribution in [2.24, 2.45) is 0 Å². The van der Waals surface area contributed by atoms with Crippen molar-refractivity contribution in [1.82, 2.24) is 9.80 Å². The fourth-order valence-corrected chi connectivity index (χ4v) is 3.61. The molecule has 0 spiro atoms. The van der Waals surface area contributed by atoms with E-state index in [0.29, 0.717) is 19.7 Å². The van der Waals surface area contributed by atoms with Crippen LogP contribution in [0.15, 0.2) is 36.4 Å². The van der Waals surface area contributed by atoms with Crippen LogP contribution in [-0.2, 0) is 9.53 Å². The molecule has 25 heavy (non-hydrogen) atoms. The number of amides is 1.